The van der Waals surface area contributed by atoms with Gasteiger partial charge in [0.15, 0.2) is 5.60 Å². The van der Waals surface area contributed by atoms with Gasteiger partial charge in [0, 0.05) is 6.42 Å². The molecule has 0 aromatic heterocycles. The molecule has 0 bridgehead atoms. The highest BCUT2D eigenvalue weighted by Crippen LogP contribution is 2.22. The van der Waals surface area contributed by atoms with Crippen LogP contribution < -0.4 is 0 Å². The lowest BCUT2D eigenvalue weighted by Crippen LogP contribution is -2.45. The third kappa shape index (κ3) is 2.57. The lowest BCUT2D eigenvalue weighted by molar-refractivity contribution is -0.163. The average molecular weight is 208 g/mol. The topological polar surface area (TPSA) is 57.5 Å². The summed E-state index contributed by atoms with van der Waals surface area (Å²) in [7, 11) is 0. The molecule has 0 aliphatic carbocycles. The van der Waals surface area contributed by atoms with Gasteiger partial charge in [-0.05, 0) is 11.5 Å². The molecular formula is C12H16O3. The minimum atomic E-state index is -1.68. The number of aliphatic carboxylic acids is 1. The molecule has 0 aliphatic heterocycles. The Morgan fingerprint density at radius 2 is 1.87 bits per heavy atom. The second kappa shape index (κ2) is 4.45. The van der Waals surface area contributed by atoms with Crippen molar-refractivity contribution in [2.24, 2.45) is 5.92 Å². The number of carbonyl (C=O) groups is 1. The molecule has 0 fully saturated rings. The van der Waals surface area contributed by atoms with Gasteiger partial charge < -0.3 is 10.2 Å². The third-order valence-corrected chi connectivity index (χ3v) is 2.64. The molecule has 82 valence electrons. The van der Waals surface area contributed by atoms with Crippen molar-refractivity contribution in [1.29, 1.82) is 0 Å². The van der Waals surface area contributed by atoms with Crippen molar-refractivity contribution in [3.05, 3.63) is 35.9 Å². The van der Waals surface area contributed by atoms with Crippen molar-refractivity contribution >= 4 is 5.97 Å². The molecule has 3 heteroatoms. The monoisotopic (exact) mass is 208 g/mol. The zero-order chi connectivity index (χ0) is 11.5. The number of carboxylic acid groups (broad SMARTS) is 1. The van der Waals surface area contributed by atoms with Gasteiger partial charge in [0.25, 0.3) is 0 Å². The van der Waals surface area contributed by atoms with Crippen LogP contribution in [0.1, 0.15) is 19.4 Å². The molecule has 0 amide bonds. The molecule has 1 atom stereocenters. The number of hydrogen-bond acceptors (Lipinski definition) is 2. The first-order valence-corrected chi connectivity index (χ1v) is 4.96. The smallest absolute Gasteiger partial charge is 0.336 e. The van der Waals surface area contributed by atoms with Crippen LogP contribution in [0.15, 0.2) is 30.3 Å². The van der Waals surface area contributed by atoms with Gasteiger partial charge >= 0.3 is 5.97 Å². The molecule has 0 heterocycles. The summed E-state index contributed by atoms with van der Waals surface area (Å²) in [5.41, 5.74) is -0.849. The van der Waals surface area contributed by atoms with Gasteiger partial charge in [-0.15, -0.1) is 0 Å². The maximum absolute atomic E-state index is 11.0. The van der Waals surface area contributed by atoms with E-state index >= 15 is 0 Å². The van der Waals surface area contributed by atoms with Crippen LogP contribution in [0.2, 0.25) is 0 Å². The number of hydrogen-bond donors (Lipinski definition) is 2. The van der Waals surface area contributed by atoms with Crippen molar-refractivity contribution < 1.29 is 15.0 Å². The highest BCUT2D eigenvalue weighted by atomic mass is 16.4. The van der Waals surface area contributed by atoms with E-state index in [1.807, 2.05) is 30.3 Å². The average Bonchev–Trinajstić information content (AvgIpc) is 2.18. The molecule has 2 N–H and O–H groups in total. The van der Waals surface area contributed by atoms with Crippen LogP contribution in [0, 0.1) is 5.92 Å². The second-order valence-corrected chi connectivity index (χ2v) is 4.05. The lowest BCUT2D eigenvalue weighted by atomic mass is 9.84. The first-order valence-electron chi connectivity index (χ1n) is 4.96. The van der Waals surface area contributed by atoms with E-state index in [1.165, 1.54) is 0 Å². The molecule has 3 nitrogen and oxygen atoms in total. The van der Waals surface area contributed by atoms with Crippen molar-refractivity contribution in [1.82, 2.24) is 0 Å². The number of aliphatic hydroxyl groups is 1. The summed E-state index contributed by atoms with van der Waals surface area (Å²) in [4.78, 5) is 11.0. The van der Waals surface area contributed by atoms with Crippen LogP contribution in [0.5, 0.6) is 0 Å². The van der Waals surface area contributed by atoms with E-state index in [0.29, 0.717) is 0 Å². The van der Waals surface area contributed by atoms with E-state index in [9.17, 15) is 9.90 Å². The van der Waals surface area contributed by atoms with Crippen molar-refractivity contribution in [2.75, 3.05) is 0 Å². The molecule has 0 saturated carbocycles. The van der Waals surface area contributed by atoms with Crippen LogP contribution in [0.3, 0.4) is 0 Å². The first-order chi connectivity index (χ1) is 6.97. The fraction of sp³-hybridized carbons (Fsp3) is 0.417. The van der Waals surface area contributed by atoms with Gasteiger partial charge in [-0.25, -0.2) is 4.79 Å². The van der Waals surface area contributed by atoms with E-state index < -0.39 is 11.6 Å². The van der Waals surface area contributed by atoms with Crippen molar-refractivity contribution in [2.45, 2.75) is 25.9 Å². The summed E-state index contributed by atoms with van der Waals surface area (Å²) in [5, 5.41) is 19.0. The van der Waals surface area contributed by atoms with E-state index in [4.69, 9.17) is 5.11 Å². The fourth-order valence-electron chi connectivity index (χ4n) is 1.43. The highest BCUT2D eigenvalue weighted by molar-refractivity contribution is 5.77. The number of rotatable bonds is 4. The molecule has 0 spiro atoms. The quantitative estimate of drug-likeness (QED) is 0.791. The second-order valence-electron chi connectivity index (χ2n) is 4.05. The Hall–Kier alpha value is -1.35. The van der Waals surface area contributed by atoms with Crippen LogP contribution in [0.25, 0.3) is 0 Å². The van der Waals surface area contributed by atoms with Gasteiger partial charge in [0.2, 0.25) is 0 Å². The SMILES string of the molecule is CC(C)[C@@](O)(Cc1ccccc1)C(=O)O. The lowest BCUT2D eigenvalue weighted by Gasteiger charge is -2.27. The standard InChI is InChI=1S/C12H16O3/c1-9(2)12(15,11(13)14)8-10-6-4-3-5-7-10/h3-7,9,15H,8H2,1-2H3,(H,13,14)/t12-/m0/s1. The predicted octanol–water partition coefficient (Wildman–Crippen LogP) is 1.70. The first kappa shape index (κ1) is 11.7. The summed E-state index contributed by atoms with van der Waals surface area (Å²) in [5.74, 6) is -1.49. The molecule has 0 saturated heterocycles. The molecule has 0 unspecified atom stereocenters. The van der Waals surface area contributed by atoms with Gasteiger partial charge in [-0.1, -0.05) is 44.2 Å². The fourth-order valence-corrected chi connectivity index (χ4v) is 1.43. The van der Waals surface area contributed by atoms with E-state index in [1.54, 1.807) is 13.8 Å². The van der Waals surface area contributed by atoms with Crippen molar-refractivity contribution in [3.63, 3.8) is 0 Å². The highest BCUT2D eigenvalue weighted by Gasteiger charge is 2.39. The summed E-state index contributed by atoms with van der Waals surface area (Å²) in [6.07, 6.45) is 0.140. The van der Waals surface area contributed by atoms with Crippen LogP contribution in [-0.2, 0) is 11.2 Å². The molecular weight excluding hydrogens is 192 g/mol. The summed E-state index contributed by atoms with van der Waals surface area (Å²) < 4.78 is 0. The number of benzene rings is 1. The Morgan fingerprint density at radius 1 is 1.33 bits per heavy atom. The van der Waals surface area contributed by atoms with Crippen molar-refractivity contribution in [3.8, 4) is 0 Å². The summed E-state index contributed by atoms with van der Waals surface area (Å²) in [6, 6.07) is 9.15. The minimum Gasteiger partial charge on any atom is -0.479 e. The third-order valence-electron chi connectivity index (χ3n) is 2.64. The maximum Gasteiger partial charge on any atom is 0.336 e. The zero-order valence-corrected chi connectivity index (χ0v) is 8.97. The van der Waals surface area contributed by atoms with Crippen LogP contribution in [-0.4, -0.2) is 21.8 Å². The van der Waals surface area contributed by atoms with Gasteiger partial charge in [-0.2, -0.15) is 0 Å². The molecule has 15 heavy (non-hydrogen) atoms. The normalized spacial score (nSPS) is 14.9. The molecule has 1 rings (SSSR count). The Bertz CT molecular complexity index is 332. The summed E-state index contributed by atoms with van der Waals surface area (Å²) in [6.45, 7) is 3.41. The van der Waals surface area contributed by atoms with E-state index in [0.717, 1.165) is 5.56 Å². The van der Waals surface area contributed by atoms with Gasteiger partial charge in [-0.3, -0.25) is 0 Å². The van der Waals surface area contributed by atoms with E-state index in [2.05, 4.69) is 0 Å². The largest absolute Gasteiger partial charge is 0.479 e. The molecule has 1 aromatic rings. The van der Waals surface area contributed by atoms with Crippen LogP contribution >= 0.6 is 0 Å². The number of carboxylic acids is 1. The van der Waals surface area contributed by atoms with E-state index in [-0.39, 0.29) is 12.3 Å². The Labute approximate surface area is 89.4 Å². The van der Waals surface area contributed by atoms with Crippen LogP contribution in [0.4, 0.5) is 0 Å². The Morgan fingerprint density at radius 3 is 2.27 bits per heavy atom. The molecule has 0 radical (unpaired) electrons. The van der Waals surface area contributed by atoms with Gasteiger partial charge in [0.05, 0.1) is 0 Å². The predicted molar refractivity (Wildman–Crippen MR) is 57.6 cm³/mol. The maximum atomic E-state index is 11.0. The summed E-state index contributed by atoms with van der Waals surface area (Å²) >= 11 is 0. The Kier molecular flexibility index (Phi) is 3.48. The van der Waals surface area contributed by atoms with Gasteiger partial charge in [0.1, 0.15) is 0 Å². The minimum absolute atomic E-state index is 0.140. The molecule has 1 aromatic carbocycles. The molecule has 0 aliphatic rings. The Balaban J connectivity index is 2.90. The zero-order valence-electron chi connectivity index (χ0n) is 8.97.